The zero-order valence-corrected chi connectivity index (χ0v) is 11.4. The van der Waals surface area contributed by atoms with Crippen molar-refractivity contribution < 1.29 is 0 Å². The van der Waals surface area contributed by atoms with E-state index in [1.807, 2.05) is 0 Å². The van der Waals surface area contributed by atoms with Crippen LogP contribution in [0.1, 0.15) is 43.8 Å². The van der Waals surface area contributed by atoms with Crippen LogP contribution in [0.25, 0.3) is 0 Å². The highest BCUT2D eigenvalue weighted by atomic mass is 32.1. The number of hydrogen-bond acceptors (Lipinski definition) is 3. The minimum Gasteiger partial charge on any atom is -0.310 e. The topological polar surface area (TPSA) is 24.9 Å². The minimum atomic E-state index is 0.625. The molecule has 0 atom stereocenters. The van der Waals surface area contributed by atoms with Gasteiger partial charge in [-0.3, -0.25) is 0 Å². The van der Waals surface area contributed by atoms with E-state index >= 15 is 0 Å². The monoisotopic (exact) mass is 238 g/mol. The van der Waals surface area contributed by atoms with Crippen molar-refractivity contribution in [3.63, 3.8) is 0 Å². The van der Waals surface area contributed by atoms with Crippen molar-refractivity contribution in [3.05, 3.63) is 16.1 Å². The molecule has 0 radical (unpaired) electrons. The third-order valence-electron chi connectivity index (χ3n) is 3.24. The molecule has 0 spiro atoms. The third kappa shape index (κ3) is 3.29. The van der Waals surface area contributed by atoms with Crippen molar-refractivity contribution in [1.82, 2.24) is 10.3 Å². The second-order valence-corrected chi connectivity index (χ2v) is 6.53. The first kappa shape index (κ1) is 12.1. The normalized spacial score (nSPS) is 18.0. The Morgan fingerprint density at radius 3 is 2.75 bits per heavy atom. The van der Waals surface area contributed by atoms with E-state index in [0.717, 1.165) is 18.2 Å². The van der Waals surface area contributed by atoms with Crippen molar-refractivity contribution in [3.8, 4) is 0 Å². The van der Waals surface area contributed by atoms with E-state index in [1.54, 1.807) is 11.3 Å². The molecule has 1 N–H and O–H groups in total. The van der Waals surface area contributed by atoms with Gasteiger partial charge in [0.15, 0.2) is 0 Å². The fraction of sp³-hybridized carbons (Fsp3) is 0.769. The fourth-order valence-corrected chi connectivity index (χ4v) is 3.16. The molecule has 2 rings (SSSR count). The Morgan fingerprint density at radius 2 is 2.25 bits per heavy atom. The van der Waals surface area contributed by atoms with Crippen LogP contribution < -0.4 is 5.32 Å². The Kier molecular flexibility index (Phi) is 3.65. The van der Waals surface area contributed by atoms with Crippen LogP contribution in [-0.4, -0.2) is 11.5 Å². The zero-order valence-electron chi connectivity index (χ0n) is 10.5. The van der Waals surface area contributed by atoms with Crippen molar-refractivity contribution in [2.75, 3.05) is 6.54 Å². The summed E-state index contributed by atoms with van der Waals surface area (Å²) in [5.41, 5.74) is 1.77. The summed E-state index contributed by atoms with van der Waals surface area (Å²) in [6.07, 6.45) is 4.20. The van der Waals surface area contributed by atoms with E-state index in [0.29, 0.717) is 5.41 Å². The molecule has 0 aliphatic heterocycles. The predicted octanol–water partition coefficient (Wildman–Crippen LogP) is 3.37. The SMILES string of the molecule is Cc1csc(CNCC2(CC(C)C)CC2)n1. The molecule has 0 unspecified atom stereocenters. The second kappa shape index (κ2) is 4.84. The first-order chi connectivity index (χ1) is 7.60. The van der Waals surface area contributed by atoms with Crippen LogP contribution in [0.15, 0.2) is 5.38 Å². The number of nitrogens with one attached hydrogen (secondary N) is 1. The molecule has 16 heavy (non-hydrogen) atoms. The molecular formula is C13H22N2S. The van der Waals surface area contributed by atoms with Crippen LogP contribution in [-0.2, 0) is 6.54 Å². The van der Waals surface area contributed by atoms with Crippen molar-refractivity contribution >= 4 is 11.3 Å². The van der Waals surface area contributed by atoms with Crippen LogP contribution in [0.2, 0.25) is 0 Å². The molecule has 1 heterocycles. The van der Waals surface area contributed by atoms with Crippen LogP contribution in [0.3, 0.4) is 0 Å². The largest absolute Gasteiger partial charge is 0.310 e. The Balaban J connectivity index is 1.72. The number of thiazole rings is 1. The Labute approximate surface area is 102 Å². The molecular weight excluding hydrogens is 216 g/mol. The van der Waals surface area contributed by atoms with Gasteiger partial charge in [0.25, 0.3) is 0 Å². The Hall–Kier alpha value is -0.410. The zero-order chi connectivity index (χ0) is 11.6. The molecule has 3 heteroatoms. The Bertz CT molecular complexity index is 339. The summed E-state index contributed by atoms with van der Waals surface area (Å²) in [6.45, 7) is 8.82. The van der Waals surface area contributed by atoms with Crippen molar-refractivity contribution in [2.45, 2.75) is 46.6 Å². The van der Waals surface area contributed by atoms with E-state index in [9.17, 15) is 0 Å². The average molecular weight is 238 g/mol. The molecule has 1 fully saturated rings. The van der Waals surface area contributed by atoms with E-state index in [2.05, 4.69) is 36.5 Å². The van der Waals surface area contributed by atoms with Gasteiger partial charge in [-0.15, -0.1) is 11.3 Å². The van der Waals surface area contributed by atoms with Gasteiger partial charge in [-0.2, -0.15) is 0 Å². The lowest BCUT2D eigenvalue weighted by Gasteiger charge is -2.17. The number of aromatic nitrogens is 1. The summed E-state index contributed by atoms with van der Waals surface area (Å²) < 4.78 is 0. The summed E-state index contributed by atoms with van der Waals surface area (Å²) in [4.78, 5) is 4.47. The maximum absolute atomic E-state index is 4.47. The van der Waals surface area contributed by atoms with Gasteiger partial charge < -0.3 is 5.32 Å². The lowest BCUT2D eigenvalue weighted by Crippen LogP contribution is -2.24. The molecule has 0 saturated heterocycles. The molecule has 1 aliphatic rings. The first-order valence-electron chi connectivity index (χ1n) is 6.21. The molecule has 0 bridgehead atoms. The number of aryl methyl sites for hydroxylation is 1. The summed E-state index contributed by atoms with van der Waals surface area (Å²) in [5.74, 6) is 0.825. The lowest BCUT2D eigenvalue weighted by molar-refractivity contribution is 0.366. The van der Waals surface area contributed by atoms with E-state index in [1.165, 1.54) is 30.8 Å². The van der Waals surface area contributed by atoms with Gasteiger partial charge in [0.1, 0.15) is 5.01 Å². The van der Waals surface area contributed by atoms with E-state index < -0.39 is 0 Å². The van der Waals surface area contributed by atoms with Gasteiger partial charge in [0, 0.05) is 24.2 Å². The van der Waals surface area contributed by atoms with Crippen molar-refractivity contribution in [1.29, 1.82) is 0 Å². The van der Waals surface area contributed by atoms with Gasteiger partial charge in [-0.05, 0) is 37.5 Å². The van der Waals surface area contributed by atoms with Gasteiger partial charge in [-0.25, -0.2) is 4.98 Å². The molecule has 1 aromatic rings. The van der Waals surface area contributed by atoms with Gasteiger partial charge in [0.2, 0.25) is 0 Å². The maximum Gasteiger partial charge on any atom is 0.107 e. The average Bonchev–Trinajstić information content (AvgIpc) is 2.80. The van der Waals surface area contributed by atoms with Crippen molar-refractivity contribution in [2.24, 2.45) is 11.3 Å². The first-order valence-corrected chi connectivity index (χ1v) is 7.09. The van der Waals surface area contributed by atoms with Crippen LogP contribution in [0.4, 0.5) is 0 Å². The molecule has 1 saturated carbocycles. The second-order valence-electron chi connectivity index (χ2n) is 5.58. The predicted molar refractivity (Wildman–Crippen MR) is 69.7 cm³/mol. The quantitative estimate of drug-likeness (QED) is 0.822. The number of nitrogens with zero attached hydrogens (tertiary/aromatic N) is 1. The highest BCUT2D eigenvalue weighted by Gasteiger charge is 2.42. The standard InChI is InChI=1S/C13H22N2S/c1-10(2)6-13(4-5-13)9-14-7-12-15-11(3)8-16-12/h8,10,14H,4-7,9H2,1-3H3. The van der Waals surface area contributed by atoms with E-state index in [-0.39, 0.29) is 0 Å². The molecule has 2 nitrogen and oxygen atoms in total. The molecule has 90 valence electrons. The highest BCUT2D eigenvalue weighted by Crippen LogP contribution is 2.50. The fourth-order valence-electron chi connectivity index (χ4n) is 2.41. The summed E-state index contributed by atoms with van der Waals surface area (Å²) in [6, 6.07) is 0. The minimum absolute atomic E-state index is 0.625. The van der Waals surface area contributed by atoms with E-state index in [4.69, 9.17) is 0 Å². The van der Waals surface area contributed by atoms with Gasteiger partial charge >= 0.3 is 0 Å². The molecule has 0 aromatic carbocycles. The highest BCUT2D eigenvalue weighted by molar-refractivity contribution is 7.09. The van der Waals surface area contributed by atoms with Gasteiger partial charge in [-0.1, -0.05) is 13.8 Å². The third-order valence-corrected chi connectivity index (χ3v) is 4.21. The Morgan fingerprint density at radius 1 is 1.50 bits per heavy atom. The smallest absolute Gasteiger partial charge is 0.107 e. The van der Waals surface area contributed by atoms with Crippen LogP contribution in [0.5, 0.6) is 0 Å². The summed E-state index contributed by atoms with van der Waals surface area (Å²) >= 11 is 1.76. The molecule has 1 aromatic heterocycles. The van der Waals surface area contributed by atoms with Crippen LogP contribution in [0, 0.1) is 18.3 Å². The van der Waals surface area contributed by atoms with Gasteiger partial charge in [0.05, 0.1) is 0 Å². The summed E-state index contributed by atoms with van der Waals surface area (Å²) in [5, 5.41) is 6.91. The maximum atomic E-state index is 4.47. The number of rotatable bonds is 6. The summed E-state index contributed by atoms with van der Waals surface area (Å²) in [7, 11) is 0. The lowest BCUT2D eigenvalue weighted by atomic mass is 9.94. The molecule has 1 aliphatic carbocycles. The number of hydrogen-bond donors (Lipinski definition) is 1. The molecule has 0 amide bonds. The van der Waals surface area contributed by atoms with Crippen LogP contribution >= 0.6 is 11.3 Å².